The van der Waals surface area contributed by atoms with Gasteiger partial charge in [0.1, 0.15) is 11.9 Å². The molecule has 1 saturated heterocycles. The normalized spacial score (nSPS) is 17.7. The van der Waals surface area contributed by atoms with Crippen molar-refractivity contribution in [3.63, 3.8) is 0 Å². The zero-order valence-corrected chi connectivity index (χ0v) is 12.4. The van der Waals surface area contributed by atoms with Crippen LogP contribution >= 0.6 is 0 Å². The van der Waals surface area contributed by atoms with Crippen LogP contribution in [-0.4, -0.2) is 54.9 Å². The number of amides is 2. The summed E-state index contributed by atoms with van der Waals surface area (Å²) in [6.45, 7) is 4.73. The molecule has 112 valence electrons. The molecule has 0 unspecified atom stereocenters. The second kappa shape index (κ2) is 6.39. The molecule has 6 nitrogen and oxygen atoms in total. The fourth-order valence-corrected chi connectivity index (χ4v) is 2.32. The lowest BCUT2D eigenvalue weighted by molar-refractivity contribution is -0.127. The van der Waals surface area contributed by atoms with Crippen LogP contribution in [0.5, 0.6) is 0 Å². The molecule has 21 heavy (non-hydrogen) atoms. The van der Waals surface area contributed by atoms with Crippen molar-refractivity contribution in [1.29, 1.82) is 0 Å². The highest BCUT2D eigenvalue weighted by molar-refractivity contribution is 5.94. The molecule has 0 saturated carbocycles. The minimum absolute atomic E-state index is 0.104. The molecule has 1 fully saturated rings. The molecule has 0 aliphatic carbocycles. The summed E-state index contributed by atoms with van der Waals surface area (Å²) in [5.41, 5.74) is 0.490. The fraction of sp³-hybridized carbons (Fsp3) is 0.400. The summed E-state index contributed by atoms with van der Waals surface area (Å²) in [6.07, 6.45) is 3.93. The highest BCUT2D eigenvalue weighted by Gasteiger charge is 2.32. The summed E-state index contributed by atoms with van der Waals surface area (Å²) in [4.78, 5) is 31.6. The number of nitrogens with zero attached hydrogens (tertiary/aromatic N) is 3. The molecule has 0 radical (unpaired) electrons. The van der Waals surface area contributed by atoms with E-state index < -0.39 is 0 Å². The maximum absolute atomic E-state index is 12.0. The molecular formula is C15H20N4O2. The summed E-state index contributed by atoms with van der Waals surface area (Å²) < 4.78 is 0. The van der Waals surface area contributed by atoms with E-state index in [9.17, 15) is 9.59 Å². The van der Waals surface area contributed by atoms with E-state index in [1.54, 1.807) is 30.2 Å². The van der Waals surface area contributed by atoms with E-state index in [1.165, 1.54) is 6.20 Å². The van der Waals surface area contributed by atoms with Crippen LogP contribution in [0.3, 0.4) is 0 Å². The monoisotopic (exact) mass is 288 g/mol. The number of likely N-dealkylation sites (N-methyl/N-ethyl adjacent to an activating group) is 2. The maximum atomic E-state index is 12.0. The Labute approximate surface area is 124 Å². The number of carbonyl (C=O) groups is 2. The molecule has 1 N–H and O–H groups in total. The van der Waals surface area contributed by atoms with Gasteiger partial charge >= 0.3 is 0 Å². The first-order valence-corrected chi connectivity index (χ1v) is 6.87. The molecule has 0 aromatic carbocycles. The van der Waals surface area contributed by atoms with Gasteiger partial charge in [0.2, 0.25) is 5.91 Å². The molecular weight excluding hydrogens is 268 g/mol. The van der Waals surface area contributed by atoms with Gasteiger partial charge in [-0.2, -0.15) is 0 Å². The molecule has 0 bridgehead atoms. The Bertz CT molecular complexity index is 541. The molecule has 1 aliphatic heterocycles. The Morgan fingerprint density at radius 1 is 1.62 bits per heavy atom. The van der Waals surface area contributed by atoms with Gasteiger partial charge in [-0.25, -0.2) is 4.98 Å². The van der Waals surface area contributed by atoms with E-state index in [1.807, 2.05) is 11.9 Å². The minimum Gasteiger partial charge on any atom is -0.349 e. The van der Waals surface area contributed by atoms with Gasteiger partial charge in [0.05, 0.1) is 5.56 Å². The Kier molecular flexibility index (Phi) is 4.57. The Balaban J connectivity index is 2.06. The molecule has 0 spiro atoms. The quantitative estimate of drug-likeness (QED) is 0.809. The number of hydrogen-bond donors (Lipinski definition) is 1. The number of anilines is 1. The van der Waals surface area contributed by atoms with Crippen LogP contribution in [0, 0.1) is 0 Å². The van der Waals surface area contributed by atoms with Gasteiger partial charge in [0, 0.05) is 33.4 Å². The molecule has 6 heteroatoms. The lowest BCUT2D eigenvalue weighted by Gasteiger charge is -2.24. The second-order valence-electron chi connectivity index (χ2n) is 5.08. The van der Waals surface area contributed by atoms with Crippen molar-refractivity contribution in [3.8, 4) is 0 Å². The third-order valence-corrected chi connectivity index (χ3v) is 3.65. The van der Waals surface area contributed by atoms with Crippen LogP contribution in [0.1, 0.15) is 16.8 Å². The van der Waals surface area contributed by atoms with Gasteiger partial charge in [-0.1, -0.05) is 6.08 Å². The van der Waals surface area contributed by atoms with Crippen LogP contribution in [0.4, 0.5) is 5.82 Å². The average Bonchev–Trinajstić information content (AvgIpc) is 2.84. The Morgan fingerprint density at radius 3 is 2.90 bits per heavy atom. The van der Waals surface area contributed by atoms with Gasteiger partial charge in [0.25, 0.3) is 5.91 Å². The van der Waals surface area contributed by atoms with Crippen molar-refractivity contribution in [2.75, 3.05) is 32.1 Å². The van der Waals surface area contributed by atoms with Crippen LogP contribution in [0.25, 0.3) is 0 Å². The third-order valence-electron chi connectivity index (χ3n) is 3.65. The first-order chi connectivity index (χ1) is 10.0. The zero-order chi connectivity index (χ0) is 15.4. The largest absolute Gasteiger partial charge is 0.349 e. The Morgan fingerprint density at radius 2 is 2.38 bits per heavy atom. The van der Waals surface area contributed by atoms with Gasteiger partial charge in [-0.05, 0) is 18.6 Å². The molecule has 2 heterocycles. The highest BCUT2D eigenvalue weighted by Crippen LogP contribution is 2.20. The number of likely N-dealkylation sites (tertiary alicyclic amines) is 1. The van der Waals surface area contributed by atoms with Crippen LogP contribution in [0.15, 0.2) is 31.0 Å². The summed E-state index contributed by atoms with van der Waals surface area (Å²) in [6, 6.07) is 3.29. The summed E-state index contributed by atoms with van der Waals surface area (Å²) in [5, 5.41) is 2.69. The van der Waals surface area contributed by atoms with Crippen molar-refractivity contribution in [3.05, 3.63) is 36.5 Å². The summed E-state index contributed by atoms with van der Waals surface area (Å²) >= 11 is 0. The van der Waals surface area contributed by atoms with Crippen molar-refractivity contribution in [2.45, 2.75) is 12.5 Å². The number of rotatable bonds is 5. The summed E-state index contributed by atoms with van der Waals surface area (Å²) in [5.74, 6) is 0.601. The van der Waals surface area contributed by atoms with Crippen molar-refractivity contribution in [1.82, 2.24) is 15.2 Å². The molecule has 2 amide bonds. The predicted octanol–water partition coefficient (Wildman–Crippen LogP) is 0.664. The van der Waals surface area contributed by atoms with E-state index in [0.29, 0.717) is 17.9 Å². The molecule has 1 aliphatic rings. The first-order valence-electron chi connectivity index (χ1n) is 6.87. The van der Waals surface area contributed by atoms with Crippen LogP contribution in [-0.2, 0) is 4.79 Å². The number of aromatic nitrogens is 1. The predicted molar refractivity (Wildman–Crippen MR) is 81.2 cm³/mol. The lowest BCUT2D eigenvalue weighted by atomic mass is 10.2. The van der Waals surface area contributed by atoms with Gasteiger partial charge < -0.3 is 15.1 Å². The molecule has 1 aromatic heterocycles. The second-order valence-corrected chi connectivity index (χ2v) is 5.08. The zero-order valence-electron chi connectivity index (χ0n) is 12.4. The maximum Gasteiger partial charge on any atom is 0.253 e. The van der Waals surface area contributed by atoms with Crippen molar-refractivity contribution < 1.29 is 9.59 Å². The van der Waals surface area contributed by atoms with Crippen molar-refractivity contribution in [2.24, 2.45) is 0 Å². The standard InChI is InChI=1S/C15H20N4O2/c1-4-8-16-14(20)11-5-6-13(17-10-11)19(3)12-7-9-18(2)15(12)21/h4-6,10,12H,1,7-9H2,2-3H3,(H,16,20)/t12-/m1/s1. The third kappa shape index (κ3) is 3.21. The van der Waals surface area contributed by atoms with Crippen molar-refractivity contribution >= 4 is 17.6 Å². The molecule has 1 aromatic rings. The van der Waals surface area contributed by atoms with E-state index in [4.69, 9.17) is 0 Å². The van der Waals surface area contributed by atoms with Crippen LogP contribution < -0.4 is 10.2 Å². The minimum atomic E-state index is -0.187. The van der Waals surface area contributed by atoms with E-state index in [0.717, 1.165) is 13.0 Å². The number of hydrogen-bond acceptors (Lipinski definition) is 4. The SMILES string of the molecule is C=CCNC(=O)c1ccc(N(C)[C@@H]2CCN(C)C2=O)nc1. The summed E-state index contributed by atoms with van der Waals surface area (Å²) in [7, 11) is 3.65. The van der Waals surface area contributed by atoms with E-state index in [-0.39, 0.29) is 17.9 Å². The fourth-order valence-electron chi connectivity index (χ4n) is 2.32. The molecule has 1 atom stereocenters. The van der Waals surface area contributed by atoms with Crippen LogP contribution in [0.2, 0.25) is 0 Å². The lowest BCUT2D eigenvalue weighted by Crippen LogP contribution is -2.39. The average molecular weight is 288 g/mol. The smallest absolute Gasteiger partial charge is 0.253 e. The van der Waals surface area contributed by atoms with E-state index >= 15 is 0 Å². The number of carbonyl (C=O) groups excluding carboxylic acids is 2. The van der Waals surface area contributed by atoms with Gasteiger partial charge in [-0.3, -0.25) is 9.59 Å². The highest BCUT2D eigenvalue weighted by atomic mass is 16.2. The first kappa shape index (κ1) is 15.0. The van der Waals surface area contributed by atoms with Gasteiger partial charge in [-0.15, -0.1) is 6.58 Å². The number of pyridine rings is 1. The molecule has 2 rings (SSSR count). The Hall–Kier alpha value is -2.37. The number of nitrogens with one attached hydrogen (secondary N) is 1. The van der Waals surface area contributed by atoms with Gasteiger partial charge in [0.15, 0.2) is 0 Å². The van der Waals surface area contributed by atoms with E-state index in [2.05, 4.69) is 16.9 Å². The topological polar surface area (TPSA) is 65.5 Å².